The minimum absolute atomic E-state index is 0.138. The zero-order valence-corrected chi connectivity index (χ0v) is 10.2. The average molecular weight is 311 g/mol. The molecule has 6 heteroatoms. The summed E-state index contributed by atoms with van der Waals surface area (Å²) >= 11 is 14.7. The third kappa shape index (κ3) is 1.89. The summed E-state index contributed by atoms with van der Waals surface area (Å²) in [6, 6.07) is 4.34. The smallest absolute Gasteiger partial charge is 0.221 e. The number of rotatable bonds is 1. The van der Waals surface area contributed by atoms with Crippen LogP contribution in [0.4, 0.5) is 4.39 Å². The van der Waals surface area contributed by atoms with Gasteiger partial charge in [0.15, 0.2) is 0 Å². The Bertz CT molecular complexity index is 495. The van der Waals surface area contributed by atoms with E-state index in [4.69, 9.17) is 27.7 Å². The maximum absolute atomic E-state index is 13.5. The lowest BCUT2D eigenvalue weighted by atomic mass is 10.1. The molecule has 2 aromatic rings. The molecule has 0 amide bonds. The van der Waals surface area contributed by atoms with E-state index >= 15 is 0 Å². The van der Waals surface area contributed by atoms with Gasteiger partial charge in [-0.1, -0.05) is 34.4 Å². The first-order valence-electron chi connectivity index (χ1n) is 3.86. The highest BCUT2D eigenvalue weighted by Gasteiger charge is 2.19. The first kappa shape index (κ1) is 10.9. The summed E-state index contributed by atoms with van der Waals surface area (Å²) in [4.78, 5) is 0. The van der Waals surface area contributed by atoms with Crippen molar-refractivity contribution in [3.8, 4) is 11.3 Å². The summed E-state index contributed by atoms with van der Waals surface area (Å²) in [5, 5.41) is 4.06. The maximum Gasteiger partial charge on any atom is 0.221 e. The minimum atomic E-state index is -0.495. The fourth-order valence-electron chi connectivity index (χ4n) is 1.14. The van der Waals surface area contributed by atoms with Gasteiger partial charge in [0.1, 0.15) is 16.5 Å². The van der Waals surface area contributed by atoms with Gasteiger partial charge in [-0.2, -0.15) is 0 Å². The second-order valence-electron chi connectivity index (χ2n) is 2.72. The molecule has 2 rings (SSSR count). The summed E-state index contributed by atoms with van der Waals surface area (Å²) in [5.41, 5.74) is 0.324. The second kappa shape index (κ2) is 4.12. The van der Waals surface area contributed by atoms with Gasteiger partial charge in [-0.3, -0.25) is 0 Å². The minimum Gasteiger partial charge on any atom is -0.347 e. The van der Waals surface area contributed by atoms with E-state index in [0.29, 0.717) is 0 Å². The van der Waals surface area contributed by atoms with Crippen LogP contribution < -0.4 is 0 Å². The Morgan fingerprint density at radius 2 is 2.07 bits per heavy atom. The van der Waals surface area contributed by atoms with Crippen LogP contribution in [-0.2, 0) is 0 Å². The van der Waals surface area contributed by atoms with Crippen molar-refractivity contribution in [2.75, 3.05) is 0 Å². The van der Waals surface area contributed by atoms with Crippen molar-refractivity contribution in [3.05, 3.63) is 38.7 Å². The molecule has 78 valence electrons. The summed E-state index contributed by atoms with van der Waals surface area (Å²) in [6.45, 7) is 0. The van der Waals surface area contributed by atoms with Crippen molar-refractivity contribution < 1.29 is 8.91 Å². The molecule has 1 heterocycles. The quantitative estimate of drug-likeness (QED) is 0.772. The molecular weight excluding hydrogens is 308 g/mol. The molecule has 0 saturated carbocycles. The lowest BCUT2D eigenvalue weighted by Gasteiger charge is -2.01. The van der Waals surface area contributed by atoms with Crippen molar-refractivity contribution in [1.82, 2.24) is 5.16 Å². The van der Waals surface area contributed by atoms with Gasteiger partial charge >= 0.3 is 0 Å². The lowest BCUT2D eigenvalue weighted by Crippen LogP contribution is -1.86. The predicted molar refractivity (Wildman–Crippen MR) is 59.6 cm³/mol. The molecule has 0 saturated heterocycles. The predicted octanol–water partition coefficient (Wildman–Crippen LogP) is 4.55. The van der Waals surface area contributed by atoms with Gasteiger partial charge in [0.2, 0.25) is 4.67 Å². The molecule has 0 radical (unpaired) electrons. The number of aromatic nitrogens is 1. The summed E-state index contributed by atoms with van der Waals surface area (Å²) in [7, 11) is 0. The van der Waals surface area contributed by atoms with Gasteiger partial charge in [0, 0.05) is 0 Å². The molecule has 0 unspecified atom stereocenters. The monoisotopic (exact) mass is 309 g/mol. The molecule has 2 nitrogen and oxygen atoms in total. The number of hydrogen-bond donors (Lipinski definition) is 0. The van der Waals surface area contributed by atoms with E-state index in [1.54, 1.807) is 6.07 Å². The zero-order chi connectivity index (χ0) is 11.0. The zero-order valence-electron chi connectivity index (χ0n) is 7.10. The van der Waals surface area contributed by atoms with Crippen LogP contribution in [0.15, 0.2) is 27.4 Å². The van der Waals surface area contributed by atoms with E-state index < -0.39 is 5.82 Å². The van der Waals surface area contributed by atoms with E-state index in [-0.39, 0.29) is 26.0 Å². The van der Waals surface area contributed by atoms with Crippen LogP contribution in [0.5, 0.6) is 0 Å². The molecule has 0 atom stereocenters. The Morgan fingerprint density at radius 3 is 2.60 bits per heavy atom. The van der Waals surface area contributed by atoms with Crippen LogP contribution in [0.1, 0.15) is 0 Å². The lowest BCUT2D eigenvalue weighted by molar-refractivity contribution is 0.402. The van der Waals surface area contributed by atoms with Crippen molar-refractivity contribution >= 4 is 39.1 Å². The third-order valence-electron chi connectivity index (χ3n) is 1.80. The van der Waals surface area contributed by atoms with Crippen LogP contribution in [0.3, 0.4) is 0 Å². The molecule has 0 aliphatic rings. The number of halogens is 4. The van der Waals surface area contributed by atoms with Gasteiger partial charge in [0.25, 0.3) is 0 Å². The summed E-state index contributed by atoms with van der Waals surface area (Å²) in [5.74, 6) is -0.495. The molecule has 1 aromatic carbocycles. The van der Waals surface area contributed by atoms with Crippen LogP contribution in [-0.4, -0.2) is 5.16 Å². The highest BCUT2D eigenvalue weighted by molar-refractivity contribution is 9.10. The van der Waals surface area contributed by atoms with Gasteiger partial charge < -0.3 is 4.52 Å². The van der Waals surface area contributed by atoms with Crippen LogP contribution in [0.2, 0.25) is 10.0 Å². The first-order valence-corrected chi connectivity index (χ1v) is 5.41. The third-order valence-corrected chi connectivity index (χ3v) is 3.23. The number of hydrogen-bond acceptors (Lipinski definition) is 2. The number of benzene rings is 1. The van der Waals surface area contributed by atoms with E-state index in [0.717, 1.165) is 0 Å². The molecule has 0 spiro atoms. The van der Waals surface area contributed by atoms with Crippen molar-refractivity contribution in [2.45, 2.75) is 0 Å². The van der Waals surface area contributed by atoms with Crippen molar-refractivity contribution in [1.29, 1.82) is 0 Å². The fourth-order valence-corrected chi connectivity index (χ4v) is 1.81. The van der Waals surface area contributed by atoms with Crippen molar-refractivity contribution in [3.63, 3.8) is 0 Å². The van der Waals surface area contributed by atoms with E-state index in [2.05, 4.69) is 21.1 Å². The highest BCUT2D eigenvalue weighted by Crippen LogP contribution is 2.37. The van der Waals surface area contributed by atoms with Crippen molar-refractivity contribution in [2.24, 2.45) is 0 Å². The molecule has 0 N–H and O–H groups in total. The molecule has 1 aromatic heterocycles. The molecule has 0 fully saturated rings. The van der Waals surface area contributed by atoms with Gasteiger partial charge in [-0.25, -0.2) is 4.39 Å². The summed E-state index contributed by atoms with van der Waals surface area (Å²) in [6.07, 6.45) is 0. The average Bonchev–Trinajstić information content (AvgIpc) is 2.49. The van der Waals surface area contributed by atoms with E-state index in [1.807, 2.05) is 0 Å². The fraction of sp³-hybridized carbons (Fsp3) is 0. The second-order valence-corrected chi connectivity index (χ2v) is 4.22. The SMILES string of the molecule is Fc1cccc(Cl)c1-c1noc(Br)c1Cl. The standard InChI is InChI=1S/C9H3BrCl2FNO/c10-9-7(12)8(14-15-9)6-4(11)2-1-3-5(6)13/h1-3H. The van der Waals surface area contributed by atoms with Crippen LogP contribution >= 0.6 is 39.1 Å². The van der Waals surface area contributed by atoms with Crippen LogP contribution in [0, 0.1) is 5.82 Å². The normalized spacial score (nSPS) is 10.7. The Kier molecular flexibility index (Phi) is 3.00. The Hall–Kier alpha value is -0.580. The highest BCUT2D eigenvalue weighted by atomic mass is 79.9. The molecule has 15 heavy (non-hydrogen) atoms. The maximum atomic E-state index is 13.5. The Balaban J connectivity index is 2.69. The van der Waals surface area contributed by atoms with E-state index in [9.17, 15) is 4.39 Å². The van der Waals surface area contributed by atoms with Crippen LogP contribution in [0.25, 0.3) is 11.3 Å². The molecular formula is C9H3BrCl2FNO. The van der Waals surface area contributed by atoms with Gasteiger partial charge in [-0.05, 0) is 28.1 Å². The largest absolute Gasteiger partial charge is 0.347 e. The topological polar surface area (TPSA) is 26.0 Å². The van der Waals surface area contributed by atoms with Gasteiger partial charge in [0.05, 0.1) is 10.6 Å². The Morgan fingerprint density at radius 1 is 1.33 bits per heavy atom. The molecule has 0 aliphatic heterocycles. The molecule has 0 aliphatic carbocycles. The first-order chi connectivity index (χ1) is 7.11. The van der Waals surface area contributed by atoms with Gasteiger partial charge in [-0.15, -0.1) is 0 Å². The summed E-state index contributed by atoms with van der Waals surface area (Å²) < 4.78 is 18.5. The van der Waals surface area contributed by atoms with E-state index in [1.165, 1.54) is 12.1 Å². The molecule has 0 bridgehead atoms. The number of nitrogens with zero attached hydrogens (tertiary/aromatic N) is 1. The Labute approximate surface area is 103 Å².